The van der Waals surface area contributed by atoms with Crippen LogP contribution in [0.25, 0.3) is 0 Å². The second-order valence-corrected chi connectivity index (χ2v) is 8.50. The maximum absolute atomic E-state index is 12.6. The van der Waals surface area contributed by atoms with E-state index >= 15 is 0 Å². The van der Waals surface area contributed by atoms with Gasteiger partial charge in [-0.3, -0.25) is 9.79 Å². The maximum Gasteiger partial charge on any atom is 0.224 e. The summed E-state index contributed by atoms with van der Waals surface area (Å²) in [5.41, 5.74) is 2.71. The molecular formula is C22H28N4OS. The summed E-state index contributed by atoms with van der Waals surface area (Å²) < 4.78 is 0. The number of nitrogens with zero attached hydrogens (tertiary/aromatic N) is 3. The summed E-state index contributed by atoms with van der Waals surface area (Å²) in [4.78, 5) is 22.8. The number of nitrogens with one attached hydrogen (secondary N) is 1. The van der Waals surface area contributed by atoms with Crippen LogP contribution >= 0.6 is 11.3 Å². The Morgan fingerprint density at radius 3 is 2.89 bits per heavy atom. The van der Waals surface area contributed by atoms with E-state index in [2.05, 4.69) is 57.0 Å². The molecule has 2 aliphatic rings. The fraction of sp³-hybridized carbons (Fsp3) is 0.455. The van der Waals surface area contributed by atoms with E-state index in [-0.39, 0.29) is 5.91 Å². The minimum atomic E-state index is 0.225. The maximum atomic E-state index is 12.6. The van der Waals surface area contributed by atoms with Crippen molar-refractivity contribution in [3.63, 3.8) is 0 Å². The van der Waals surface area contributed by atoms with E-state index in [4.69, 9.17) is 0 Å². The summed E-state index contributed by atoms with van der Waals surface area (Å²) >= 11 is 1.80. The number of hydrogen-bond acceptors (Lipinski definition) is 3. The zero-order valence-electron chi connectivity index (χ0n) is 16.4. The van der Waals surface area contributed by atoms with Crippen molar-refractivity contribution in [1.82, 2.24) is 15.1 Å². The normalized spacial score (nSPS) is 19.6. The van der Waals surface area contributed by atoms with E-state index in [0.717, 1.165) is 45.0 Å². The molecule has 1 atom stereocenters. The Morgan fingerprint density at radius 2 is 2.07 bits per heavy atom. The lowest BCUT2D eigenvalue weighted by molar-refractivity contribution is -0.131. The van der Waals surface area contributed by atoms with E-state index in [1.807, 2.05) is 11.9 Å². The first-order chi connectivity index (χ1) is 13.7. The summed E-state index contributed by atoms with van der Waals surface area (Å²) in [5, 5.41) is 5.53. The van der Waals surface area contributed by atoms with Crippen molar-refractivity contribution in [2.75, 3.05) is 33.2 Å². The molecule has 0 aliphatic carbocycles. The van der Waals surface area contributed by atoms with E-state index in [9.17, 15) is 4.79 Å². The summed E-state index contributed by atoms with van der Waals surface area (Å²) in [5.74, 6) is 1.68. The molecule has 1 amide bonds. The zero-order valence-corrected chi connectivity index (χ0v) is 17.3. The van der Waals surface area contributed by atoms with Crippen LogP contribution in [-0.4, -0.2) is 54.9 Å². The minimum Gasteiger partial charge on any atom is -0.356 e. The molecule has 3 heterocycles. The molecule has 0 radical (unpaired) electrons. The van der Waals surface area contributed by atoms with Crippen LogP contribution in [0.5, 0.6) is 0 Å². The van der Waals surface area contributed by atoms with Crippen molar-refractivity contribution < 1.29 is 4.79 Å². The standard InChI is InChI=1S/C22H28N4OS/c1-23-22(26-12-8-18(15-26)17-5-3-2-4-6-17)24-11-7-21(27)25-13-9-20-19(16-25)10-14-28-20/h2-6,10,14,18H,7-9,11-13,15-16H2,1H3,(H,23,24). The lowest BCUT2D eigenvalue weighted by atomic mass is 9.99. The summed E-state index contributed by atoms with van der Waals surface area (Å²) in [6.07, 6.45) is 2.64. The third kappa shape index (κ3) is 4.22. The number of carbonyl (C=O) groups is 1. The van der Waals surface area contributed by atoms with Gasteiger partial charge >= 0.3 is 0 Å². The highest BCUT2D eigenvalue weighted by molar-refractivity contribution is 7.10. The highest BCUT2D eigenvalue weighted by atomic mass is 32.1. The van der Waals surface area contributed by atoms with Gasteiger partial charge in [-0.1, -0.05) is 30.3 Å². The van der Waals surface area contributed by atoms with Gasteiger partial charge < -0.3 is 15.1 Å². The van der Waals surface area contributed by atoms with E-state index < -0.39 is 0 Å². The van der Waals surface area contributed by atoms with Gasteiger partial charge in [0.2, 0.25) is 5.91 Å². The minimum absolute atomic E-state index is 0.225. The first kappa shape index (κ1) is 19.0. The number of benzene rings is 1. The Hall–Kier alpha value is -2.34. The van der Waals surface area contributed by atoms with Gasteiger partial charge in [-0.05, 0) is 35.4 Å². The molecule has 1 aromatic carbocycles. The zero-order chi connectivity index (χ0) is 19.3. The smallest absolute Gasteiger partial charge is 0.224 e. The predicted octanol–water partition coefficient (Wildman–Crippen LogP) is 3.09. The van der Waals surface area contributed by atoms with Gasteiger partial charge in [-0.2, -0.15) is 0 Å². The molecule has 1 saturated heterocycles. The van der Waals surface area contributed by atoms with E-state index in [1.54, 1.807) is 11.3 Å². The van der Waals surface area contributed by atoms with E-state index in [0.29, 0.717) is 18.9 Å². The molecule has 4 rings (SSSR count). The summed E-state index contributed by atoms with van der Waals surface area (Å²) in [7, 11) is 1.82. The fourth-order valence-corrected chi connectivity index (χ4v) is 5.07. The average molecular weight is 397 g/mol. The van der Waals surface area contributed by atoms with E-state index in [1.165, 1.54) is 16.0 Å². The van der Waals surface area contributed by atoms with Gasteiger partial charge in [0.25, 0.3) is 0 Å². The molecule has 5 nitrogen and oxygen atoms in total. The summed E-state index contributed by atoms with van der Waals surface area (Å²) in [6.45, 7) is 4.21. The number of amides is 1. The monoisotopic (exact) mass is 396 g/mol. The van der Waals surface area contributed by atoms with Crippen LogP contribution in [0.4, 0.5) is 0 Å². The second kappa shape index (κ2) is 8.78. The first-order valence-electron chi connectivity index (χ1n) is 10.1. The molecule has 6 heteroatoms. The van der Waals surface area contributed by atoms with Crippen LogP contribution in [0.15, 0.2) is 46.8 Å². The topological polar surface area (TPSA) is 47.9 Å². The van der Waals surface area contributed by atoms with Crippen molar-refractivity contribution in [1.29, 1.82) is 0 Å². The largest absolute Gasteiger partial charge is 0.356 e. The van der Waals surface area contributed by atoms with Gasteiger partial charge in [0.05, 0.1) is 0 Å². The second-order valence-electron chi connectivity index (χ2n) is 7.50. The highest BCUT2D eigenvalue weighted by Crippen LogP contribution is 2.27. The molecule has 148 valence electrons. The lowest BCUT2D eigenvalue weighted by Crippen LogP contribution is -2.42. The van der Waals surface area contributed by atoms with Crippen molar-refractivity contribution >= 4 is 23.2 Å². The lowest BCUT2D eigenvalue weighted by Gasteiger charge is -2.27. The molecule has 0 spiro atoms. The molecule has 1 unspecified atom stereocenters. The molecule has 2 aliphatic heterocycles. The molecule has 2 aromatic rings. The average Bonchev–Trinajstić information content (AvgIpc) is 3.40. The fourth-order valence-electron chi connectivity index (χ4n) is 4.18. The van der Waals surface area contributed by atoms with Crippen LogP contribution in [0.3, 0.4) is 0 Å². The van der Waals surface area contributed by atoms with Gasteiger partial charge in [0.1, 0.15) is 0 Å². The van der Waals surface area contributed by atoms with Gasteiger partial charge in [-0.25, -0.2) is 0 Å². The summed E-state index contributed by atoms with van der Waals surface area (Å²) in [6, 6.07) is 12.8. The number of guanidine groups is 1. The quantitative estimate of drug-likeness (QED) is 0.638. The van der Waals surface area contributed by atoms with Gasteiger partial charge in [0, 0.05) is 57.0 Å². The SMILES string of the molecule is CN=C(NCCC(=O)N1CCc2sccc2C1)N1CCC(c2ccccc2)C1. The molecule has 0 bridgehead atoms. The Kier molecular flexibility index (Phi) is 5.95. The van der Waals surface area contributed by atoms with Crippen molar-refractivity contribution in [3.8, 4) is 0 Å². The molecular weight excluding hydrogens is 368 g/mol. The van der Waals surface area contributed by atoms with Crippen molar-refractivity contribution in [2.24, 2.45) is 4.99 Å². The van der Waals surface area contributed by atoms with Crippen LogP contribution in [-0.2, 0) is 17.8 Å². The highest BCUT2D eigenvalue weighted by Gasteiger charge is 2.26. The Labute approximate surface area is 171 Å². The van der Waals surface area contributed by atoms with Crippen molar-refractivity contribution in [2.45, 2.75) is 31.7 Å². The molecule has 0 saturated carbocycles. The number of carbonyl (C=O) groups excluding carboxylic acids is 1. The number of hydrogen-bond donors (Lipinski definition) is 1. The Morgan fingerprint density at radius 1 is 1.21 bits per heavy atom. The Balaban J connectivity index is 1.24. The number of thiophene rings is 1. The van der Waals surface area contributed by atoms with Crippen LogP contribution in [0, 0.1) is 0 Å². The predicted molar refractivity (Wildman–Crippen MR) is 115 cm³/mol. The molecule has 1 aromatic heterocycles. The van der Waals surface area contributed by atoms with Crippen LogP contribution in [0.1, 0.15) is 34.8 Å². The third-order valence-corrected chi connectivity index (χ3v) is 6.78. The number of likely N-dealkylation sites (tertiary alicyclic amines) is 1. The van der Waals surface area contributed by atoms with Crippen LogP contribution < -0.4 is 5.32 Å². The van der Waals surface area contributed by atoms with Crippen molar-refractivity contribution in [3.05, 3.63) is 57.8 Å². The van der Waals surface area contributed by atoms with Gasteiger partial charge in [0.15, 0.2) is 5.96 Å². The molecule has 1 fully saturated rings. The first-order valence-corrected chi connectivity index (χ1v) is 11.0. The molecule has 1 N–H and O–H groups in total. The number of rotatable bonds is 4. The van der Waals surface area contributed by atoms with Crippen LogP contribution in [0.2, 0.25) is 0 Å². The number of fused-ring (bicyclic) bond motifs is 1. The number of aliphatic imine (C=N–C) groups is 1. The third-order valence-electron chi connectivity index (χ3n) is 5.75. The Bertz CT molecular complexity index is 832. The molecule has 28 heavy (non-hydrogen) atoms. The van der Waals surface area contributed by atoms with Gasteiger partial charge in [-0.15, -0.1) is 11.3 Å².